The molecule has 2 aromatic rings. The third-order valence-electron chi connectivity index (χ3n) is 2.13. The number of rotatable bonds is 2. The zero-order valence-electron chi connectivity index (χ0n) is 7.36. The highest BCUT2D eigenvalue weighted by atomic mass is 32.1. The van der Waals surface area contributed by atoms with Crippen molar-refractivity contribution in [1.82, 2.24) is 0 Å². The lowest BCUT2D eigenvalue weighted by Gasteiger charge is -2.08. The Labute approximate surface area is 81.0 Å². The van der Waals surface area contributed by atoms with Crippen molar-refractivity contribution in [1.29, 1.82) is 0 Å². The molecule has 0 saturated heterocycles. The Hall–Kier alpha value is -1.06. The summed E-state index contributed by atoms with van der Waals surface area (Å²) in [4.78, 5) is 0. The first-order chi connectivity index (χ1) is 6.29. The smallest absolute Gasteiger partial charge is 0.0953 e. The molecule has 68 valence electrons. The Morgan fingerprint density at radius 3 is 2.85 bits per heavy atom. The number of aryl methyl sites for hydroxylation is 1. The van der Waals surface area contributed by atoms with Gasteiger partial charge < -0.3 is 10.2 Å². The van der Waals surface area contributed by atoms with E-state index in [2.05, 4.69) is 17.7 Å². The Balaban J connectivity index is 2.33. The molecule has 0 fully saturated rings. The van der Waals surface area contributed by atoms with Gasteiger partial charge in [0, 0.05) is 5.56 Å². The largest absolute Gasteiger partial charge is 0.472 e. The third kappa shape index (κ3) is 1.53. The fourth-order valence-electron chi connectivity index (χ4n) is 1.32. The van der Waals surface area contributed by atoms with Crippen molar-refractivity contribution in [3.8, 4) is 0 Å². The molecule has 2 aromatic heterocycles. The van der Waals surface area contributed by atoms with Crippen LogP contribution in [-0.2, 0) is 0 Å². The van der Waals surface area contributed by atoms with E-state index in [4.69, 9.17) is 10.2 Å². The van der Waals surface area contributed by atoms with E-state index in [9.17, 15) is 0 Å². The van der Waals surface area contributed by atoms with Crippen LogP contribution in [0, 0.1) is 6.92 Å². The minimum Gasteiger partial charge on any atom is -0.472 e. The summed E-state index contributed by atoms with van der Waals surface area (Å²) in [5.41, 5.74) is 9.52. The van der Waals surface area contributed by atoms with Gasteiger partial charge in [0.1, 0.15) is 0 Å². The first kappa shape index (κ1) is 8.53. The van der Waals surface area contributed by atoms with Crippen LogP contribution in [0.4, 0.5) is 0 Å². The SMILES string of the molecule is Cc1cscc1C(N)c1ccoc1. The van der Waals surface area contributed by atoms with Gasteiger partial charge >= 0.3 is 0 Å². The zero-order valence-corrected chi connectivity index (χ0v) is 8.17. The van der Waals surface area contributed by atoms with Crippen molar-refractivity contribution in [3.05, 3.63) is 46.0 Å². The molecule has 0 bridgehead atoms. The van der Waals surface area contributed by atoms with Crippen LogP contribution in [-0.4, -0.2) is 0 Å². The second kappa shape index (κ2) is 3.36. The van der Waals surface area contributed by atoms with Crippen molar-refractivity contribution >= 4 is 11.3 Å². The maximum Gasteiger partial charge on any atom is 0.0953 e. The third-order valence-corrected chi connectivity index (χ3v) is 3.01. The second-order valence-electron chi connectivity index (χ2n) is 3.04. The van der Waals surface area contributed by atoms with Crippen LogP contribution < -0.4 is 5.73 Å². The number of thiophene rings is 1. The highest BCUT2D eigenvalue weighted by Gasteiger charge is 2.12. The minimum atomic E-state index is -0.0509. The molecular weight excluding hydrogens is 182 g/mol. The summed E-state index contributed by atoms with van der Waals surface area (Å²) in [6.07, 6.45) is 3.35. The molecular formula is C10H11NOS. The molecule has 0 saturated carbocycles. The average molecular weight is 193 g/mol. The Morgan fingerprint density at radius 1 is 1.46 bits per heavy atom. The topological polar surface area (TPSA) is 39.2 Å². The Kier molecular flexibility index (Phi) is 2.20. The maximum absolute atomic E-state index is 6.05. The predicted molar refractivity (Wildman–Crippen MR) is 53.8 cm³/mol. The fraction of sp³-hybridized carbons (Fsp3) is 0.200. The van der Waals surface area contributed by atoms with Crippen molar-refractivity contribution in [2.75, 3.05) is 0 Å². The lowest BCUT2D eigenvalue weighted by molar-refractivity contribution is 0.562. The molecule has 2 heterocycles. The first-order valence-electron chi connectivity index (χ1n) is 4.09. The van der Waals surface area contributed by atoms with Crippen molar-refractivity contribution in [3.63, 3.8) is 0 Å². The van der Waals surface area contributed by atoms with Gasteiger partial charge in [-0.2, -0.15) is 11.3 Å². The number of nitrogens with two attached hydrogens (primary N) is 1. The molecule has 1 unspecified atom stereocenters. The predicted octanol–water partition coefficient (Wildman–Crippen LogP) is 2.70. The van der Waals surface area contributed by atoms with Crippen LogP contribution >= 0.6 is 11.3 Å². The highest BCUT2D eigenvalue weighted by molar-refractivity contribution is 7.08. The molecule has 0 aliphatic carbocycles. The fourth-order valence-corrected chi connectivity index (χ4v) is 2.21. The van der Waals surface area contributed by atoms with Crippen molar-refractivity contribution < 1.29 is 4.42 Å². The summed E-state index contributed by atoms with van der Waals surface area (Å²) in [5.74, 6) is 0. The molecule has 0 amide bonds. The van der Waals surface area contributed by atoms with E-state index in [0.29, 0.717) is 0 Å². The molecule has 0 aliphatic heterocycles. The summed E-state index contributed by atoms with van der Waals surface area (Å²) in [6, 6.07) is 1.85. The van der Waals surface area contributed by atoms with Crippen LogP contribution in [0.2, 0.25) is 0 Å². The average Bonchev–Trinajstić information content (AvgIpc) is 2.72. The molecule has 2 N–H and O–H groups in total. The van der Waals surface area contributed by atoms with E-state index >= 15 is 0 Å². The lowest BCUT2D eigenvalue weighted by Crippen LogP contribution is -2.10. The van der Waals surface area contributed by atoms with Crippen LogP contribution in [0.5, 0.6) is 0 Å². The molecule has 13 heavy (non-hydrogen) atoms. The molecule has 0 aromatic carbocycles. The van der Waals surface area contributed by atoms with Crippen molar-refractivity contribution in [2.45, 2.75) is 13.0 Å². The van der Waals surface area contributed by atoms with Crippen LogP contribution in [0.3, 0.4) is 0 Å². The molecule has 2 nitrogen and oxygen atoms in total. The molecule has 2 rings (SSSR count). The molecule has 0 aliphatic rings. The van der Waals surface area contributed by atoms with Crippen LogP contribution in [0.25, 0.3) is 0 Å². The summed E-state index contributed by atoms with van der Waals surface area (Å²) < 4.78 is 5.00. The van der Waals surface area contributed by atoms with Gasteiger partial charge in [0.2, 0.25) is 0 Å². The van der Waals surface area contributed by atoms with Gasteiger partial charge in [-0.1, -0.05) is 0 Å². The van der Waals surface area contributed by atoms with E-state index in [0.717, 1.165) is 5.56 Å². The summed E-state index contributed by atoms with van der Waals surface area (Å²) in [5, 5.41) is 4.20. The first-order valence-corrected chi connectivity index (χ1v) is 5.03. The van der Waals surface area contributed by atoms with E-state index in [1.54, 1.807) is 23.9 Å². The van der Waals surface area contributed by atoms with Gasteiger partial charge in [-0.3, -0.25) is 0 Å². The zero-order chi connectivity index (χ0) is 9.26. The maximum atomic E-state index is 6.05. The summed E-state index contributed by atoms with van der Waals surface area (Å²) in [6.45, 7) is 2.08. The van der Waals surface area contributed by atoms with Gasteiger partial charge in [-0.15, -0.1) is 0 Å². The van der Waals surface area contributed by atoms with Gasteiger partial charge in [0.15, 0.2) is 0 Å². The molecule has 1 atom stereocenters. The number of hydrogen-bond donors (Lipinski definition) is 1. The Bertz CT molecular complexity index is 377. The second-order valence-corrected chi connectivity index (χ2v) is 3.79. The lowest BCUT2D eigenvalue weighted by atomic mass is 10.0. The standard InChI is InChI=1S/C10H11NOS/c1-7-5-13-6-9(7)10(11)8-2-3-12-4-8/h2-6,10H,11H2,1H3. The summed E-state index contributed by atoms with van der Waals surface area (Å²) >= 11 is 1.68. The van der Waals surface area contributed by atoms with Crippen LogP contribution in [0.15, 0.2) is 33.8 Å². The van der Waals surface area contributed by atoms with Gasteiger partial charge in [0.05, 0.1) is 18.6 Å². The van der Waals surface area contributed by atoms with Crippen molar-refractivity contribution in [2.24, 2.45) is 5.73 Å². The highest BCUT2D eigenvalue weighted by Crippen LogP contribution is 2.25. The normalized spacial score (nSPS) is 13.1. The van der Waals surface area contributed by atoms with E-state index in [1.165, 1.54) is 11.1 Å². The summed E-state index contributed by atoms with van der Waals surface area (Å²) in [7, 11) is 0. The molecule has 0 radical (unpaired) electrons. The van der Waals surface area contributed by atoms with E-state index in [-0.39, 0.29) is 6.04 Å². The minimum absolute atomic E-state index is 0.0509. The monoisotopic (exact) mass is 193 g/mol. The van der Waals surface area contributed by atoms with Gasteiger partial charge in [-0.05, 0) is 34.9 Å². The number of hydrogen-bond acceptors (Lipinski definition) is 3. The quantitative estimate of drug-likeness (QED) is 0.796. The van der Waals surface area contributed by atoms with E-state index < -0.39 is 0 Å². The Morgan fingerprint density at radius 2 is 2.31 bits per heavy atom. The molecule has 0 spiro atoms. The van der Waals surface area contributed by atoms with E-state index in [1.807, 2.05) is 6.07 Å². The van der Waals surface area contributed by atoms with Gasteiger partial charge in [0.25, 0.3) is 0 Å². The number of furan rings is 1. The van der Waals surface area contributed by atoms with Gasteiger partial charge in [-0.25, -0.2) is 0 Å². The molecule has 3 heteroatoms. The van der Waals surface area contributed by atoms with Crippen LogP contribution in [0.1, 0.15) is 22.7 Å².